The first-order chi connectivity index (χ1) is 8.24. The van der Waals surface area contributed by atoms with Crippen LogP contribution in [-0.2, 0) is 0 Å². The normalized spacial score (nSPS) is 32.5. The van der Waals surface area contributed by atoms with Crippen LogP contribution in [0.2, 0.25) is 0 Å². The molecule has 0 bridgehead atoms. The second-order valence-corrected chi connectivity index (χ2v) is 4.98. The van der Waals surface area contributed by atoms with Crippen LogP contribution in [0.3, 0.4) is 0 Å². The first kappa shape index (κ1) is 11.1. The van der Waals surface area contributed by atoms with E-state index in [1.54, 1.807) is 6.07 Å². The van der Waals surface area contributed by atoms with Gasteiger partial charge in [0.2, 0.25) is 0 Å². The van der Waals surface area contributed by atoms with Crippen molar-refractivity contribution in [2.45, 2.75) is 24.9 Å². The molecule has 0 amide bonds. The lowest BCUT2D eigenvalue weighted by Crippen LogP contribution is -2.41. The molecular formula is C13H16F2N2. The SMILES string of the molecule is Fc1ccc(C2CC3CNCCC3N2)c(F)c1. The minimum atomic E-state index is -0.511. The van der Waals surface area contributed by atoms with Crippen LogP contribution in [0.15, 0.2) is 18.2 Å². The molecule has 0 saturated carbocycles. The fourth-order valence-corrected chi connectivity index (χ4v) is 3.02. The summed E-state index contributed by atoms with van der Waals surface area (Å²) in [5, 5.41) is 6.83. The van der Waals surface area contributed by atoms with E-state index in [-0.39, 0.29) is 6.04 Å². The Balaban J connectivity index is 1.81. The summed E-state index contributed by atoms with van der Waals surface area (Å²) in [6.07, 6.45) is 2.02. The van der Waals surface area contributed by atoms with Gasteiger partial charge < -0.3 is 10.6 Å². The number of fused-ring (bicyclic) bond motifs is 1. The highest BCUT2D eigenvalue weighted by molar-refractivity contribution is 5.24. The van der Waals surface area contributed by atoms with Crippen LogP contribution in [0.5, 0.6) is 0 Å². The third-order valence-corrected chi connectivity index (χ3v) is 3.90. The lowest BCUT2D eigenvalue weighted by molar-refractivity contribution is 0.344. The highest BCUT2D eigenvalue weighted by Gasteiger charge is 2.36. The second kappa shape index (κ2) is 4.35. The van der Waals surface area contributed by atoms with E-state index >= 15 is 0 Å². The molecule has 17 heavy (non-hydrogen) atoms. The molecule has 0 aromatic heterocycles. The Morgan fingerprint density at radius 1 is 1.24 bits per heavy atom. The molecule has 4 heteroatoms. The molecule has 3 atom stereocenters. The third-order valence-electron chi connectivity index (χ3n) is 3.90. The third kappa shape index (κ3) is 2.07. The Labute approximate surface area is 99.4 Å². The van der Waals surface area contributed by atoms with Gasteiger partial charge >= 0.3 is 0 Å². The molecule has 3 rings (SSSR count). The molecule has 2 fully saturated rings. The maximum Gasteiger partial charge on any atom is 0.130 e. The van der Waals surface area contributed by atoms with Gasteiger partial charge in [0.1, 0.15) is 11.6 Å². The Morgan fingerprint density at radius 3 is 2.88 bits per heavy atom. The first-order valence-electron chi connectivity index (χ1n) is 6.16. The predicted molar refractivity (Wildman–Crippen MR) is 61.6 cm³/mol. The van der Waals surface area contributed by atoms with Crippen molar-refractivity contribution in [2.24, 2.45) is 5.92 Å². The number of rotatable bonds is 1. The molecule has 0 radical (unpaired) electrons. The molecule has 92 valence electrons. The van der Waals surface area contributed by atoms with Crippen molar-refractivity contribution in [1.82, 2.24) is 10.6 Å². The van der Waals surface area contributed by atoms with Gasteiger partial charge in [0.25, 0.3) is 0 Å². The Morgan fingerprint density at radius 2 is 2.12 bits per heavy atom. The number of nitrogens with one attached hydrogen (secondary N) is 2. The van der Waals surface area contributed by atoms with Crippen molar-refractivity contribution in [3.63, 3.8) is 0 Å². The zero-order valence-electron chi connectivity index (χ0n) is 9.55. The first-order valence-corrected chi connectivity index (χ1v) is 6.16. The zero-order chi connectivity index (χ0) is 11.8. The van der Waals surface area contributed by atoms with Gasteiger partial charge in [0.15, 0.2) is 0 Å². The minimum absolute atomic E-state index is 0.0329. The summed E-state index contributed by atoms with van der Waals surface area (Å²) in [4.78, 5) is 0. The molecule has 2 N–H and O–H groups in total. The molecule has 0 aliphatic carbocycles. The van der Waals surface area contributed by atoms with Gasteiger partial charge in [-0.15, -0.1) is 0 Å². The van der Waals surface area contributed by atoms with Crippen LogP contribution in [0.1, 0.15) is 24.4 Å². The molecule has 2 aliphatic rings. The Kier molecular flexibility index (Phi) is 2.84. The van der Waals surface area contributed by atoms with Crippen LogP contribution >= 0.6 is 0 Å². The van der Waals surface area contributed by atoms with Gasteiger partial charge in [-0.1, -0.05) is 6.07 Å². The highest BCUT2D eigenvalue weighted by Crippen LogP contribution is 2.34. The highest BCUT2D eigenvalue weighted by atomic mass is 19.1. The molecule has 2 aliphatic heterocycles. The monoisotopic (exact) mass is 238 g/mol. The molecule has 2 heterocycles. The van der Waals surface area contributed by atoms with Crippen molar-refractivity contribution >= 4 is 0 Å². The van der Waals surface area contributed by atoms with E-state index in [1.807, 2.05) is 0 Å². The average Bonchev–Trinajstić information content (AvgIpc) is 2.72. The van der Waals surface area contributed by atoms with Gasteiger partial charge in [0, 0.05) is 23.7 Å². The van der Waals surface area contributed by atoms with E-state index < -0.39 is 11.6 Å². The van der Waals surface area contributed by atoms with Crippen molar-refractivity contribution in [1.29, 1.82) is 0 Å². The van der Waals surface area contributed by atoms with Crippen LogP contribution in [-0.4, -0.2) is 19.1 Å². The van der Waals surface area contributed by atoms with Gasteiger partial charge in [-0.05, 0) is 37.9 Å². The fraction of sp³-hybridized carbons (Fsp3) is 0.538. The summed E-state index contributed by atoms with van der Waals surface area (Å²) in [7, 11) is 0. The van der Waals surface area contributed by atoms with E-state index in [0.29, 0.717) is 17.5 Å². The number of benzene rings is 1. The molecule has 1 aromatic carbocycles. The number of hydrogen-bond donors (Lipinski definition) is 2. The summed E-state index contributed by atoms with van der Waals surface area (Å²) >= 11 is 0. The predicted octanol–water partition coefficient (Wildman–Crippen LogP) is 1.98. The molecule has 3 unspecified atom stereocenters. The summed E-state index contributed by atoms with van der Waals surface area (Å²) in [6.45, 7) is 2.02. The van der Waals surface area contributed by atoms with Crippen molar-refractivity contribution in [3.05, 3.63) is 35.4 Å². The molecule has 0 spiro atoms. The van der Waals surface area contributed by atoms with Crippen molar-refractivity contribution in [3.8, 4) is 0 Å². The summed E-state index contributed by atoms with van der Waals surface area (Å²) in [5.41, 5.74) is 0.598. The van der Waals surface area contributed by atoms with Crippen LogP contribution in [0.4, 0.5) is 8.78 Å². The second-order valence-electron chi connectivity index (χ2n) is 4.98. The van der Waals surface area contributed by atoms with Crippen molar-refractivity contribution in [2.75, 3.05) is 13.1 Å². The minimum Gasteiger partial charge on any atom is -0.316 e. The van der Waals surface area contributed by atoms with E-state index in [0.717, 1.165) is 32.0 Å². The average molecular weight is 238 g/mol. The summed E-state index contributed by atoms with van der Waals surface area (Å²) < 4.78 is 26.5. The number of piperidine rings is 1. The topological polar surface area (TPSA) is 24.1 Å². The fourth-order valence-electron chi connectivity index (χ4n) is 3.02. The van der Waals surface area contributed by atoms with Gasteiger partial charge in [-0.25, -0.2) is 8.78 Å². The smallest absolute Gasteiger partial charge is 0.130 e. The van der Waals surface area contributed by atoms with Crippen molar-refractivity contribution < 1.29 is 8.78 Å². The van der Waals surface area contributed by atoms with E-state index in [9.17, 15) is 8.78 Å². The molecular weight excluding hydrogens is 222 g/mol. The van der Waals surface area contributed by atoms with Crippen LogP contribution in [0, 0.1) is 17.6 Å². The number of hydrogen-bond acceptors (Lipinski definition) is 2. The maximum atomic E-state index is 13.7. The van der Waals surface area contributed by atoms with E-state index in [4.69, 9.17) is 0 Å². The maximum absolute atomic E-state index is 13.7. The Bertz CT molecular complexity index is 408. The zero-order valence-corrected chi connectivity index (χ0v) is 9.55. The standard InChI is InChI=1S/C13H16F2N2/c14-9-1-2-10(11(15)6-9)13-5-8-7-16-4-3-12(8)17-13/h1-2,6,8,12-13,16-17H,3-5,7H2. The molecule has 2 saturated heterocycles. The van der Waals surface area contributed by atoms with Crippen LogP contribution in [0.25, 0.3) is 0 Å². The van der Waals surface area contributed by atoms with Gasteiger partial charge in [0.05, 0.1) is 0 Å². The van der Waals surface area contributed by atoms with E-state index in [1.165, 1.54) is 6.07 Å². The molecule has 2 nitrogen and oxygen atoms in total. The van der Waals surface area contributed by atoms with Gasteiger partial charge in [-0.3, -0.25) is 0 Å². The lowest BCUT2D eigenvalue weighted by Gasteiger charge is -2.25. The number of halogens is 2. The quantitative estimate of drug-likeness (QED) is 0.781. The lowest BCUT2D eigenvalue weighted by atomic mass is 9.92. The molecule has 1 aromatic rings. The summed E-state index contributed by atoms with van der Waals surface area (Å²) in [6, 6.07) is 4.38. The largest absolute Gasteiger partial charge is 0.316 e. The van der Waals surface area contributed by atoms with Crippen LogP contribution < -0.4 is 10.6 Å². The summed E-state index contributed by atoms with van der Waals surface area (Å²) in [5.74, 6) is -0.379. The Hall–Kier alpha value is -1.00. The van der Waals surface area contributed by atoms with Gasteiger partial charge in [-0.2, -0.15) is 0 Å². The van der Waals surface area contributed by atoms with E-state index in [2.05, 4.69) is 10.6 Å².